The van der Waals surface area contributed by atoms with E-state index < -0.39 is 6.23 Å². The van der Waals surface area contributed by atoms with Crippen LogP contribution in [0.15, 0.2) is 71.8 Å². The molecule has 2 heterocycles. The third-order valence-electron chi connectivity index (χ3n) is 5.74. The molecule has 0 bridgehead atoms. The molecule has 6 heteroatoms. The van der Waals surface area contributed by atoms with Crippen LogP contribution in [-0.2, 0) is 0 Å². The molecule has 0 saturated heterocycles. The van der Waals surface area contributed by atoms with Gasteiger partial charge in [0, 0.05) is 17.0 Å². The Morgan fingerprint density at radius 2 is 1.75 bits per heavy atom. The van der Waals surface area contributed by atoms with Crippen molar-refractivity contribution in [2.75, 3.05) is 13.2 Å². The van der Waals surface area contributed by atoms with Crippen LogP contribution in [0.4, 0.5) is 0 Å². The number of fused-ring (bicyclic) bond motifs is 3. The molecule has 3 aromatic rings. The minimum atomic E-state index is -0.392. The van der Waals surface area contributed by atoms with Gasteiger partial charge in [-0.15, -0.1) is 0 Å². The fourth-order valence-corrected chi connectivity index (χ4v) is 4.50. The average molecular weight is 449 g/mol. The first-order chi connectivity index (χ1) is 15.7. The van der Waals surface area contributed by atoms with Crippen molar-refractivity contribution in [3.05, 3.63) is 88.4 Å². The Morgan fingerprint density at radius 1 is 0.969 bits per heavy atom. The number of ether oxygens (including phenoxy) is 3. The van der Waals surface area contributed by atoms with Crippen molar-refractivity contribution in [1.82, 2.24) is 5.01 Å². The van der Waals surface area contributed by atoms with Crippen LogP contribution in [0.25, 0.3) is 0 Å². The monoisotopic (exact) mass is 448 g/mol. The van der Waals surface area contributed by atoms with Crippen molar-refractivity contribution in [2.45, 2.75) is 32.5 Å². The van der Waals surface area contributed by atoms with Gasteiger partial charge in [0.2, 0.25) is 6.23 Å². The summed E-state index contributed by atoms with van der Waals surface area (Å²) in [5.74, 6) is 2.49. The summed E-state index contributed by atoms with van der Waals surface area (Å²) in [4.78, 5) is 0. The van der Waals surface area contributed by atoms with Gasteiger partial charge in [0.1, 0.15) is 17.2 Å². The molecule has 32 heavy (non-hydrogen) atoms. The molecule has 0 unspecified atom stereocenters. The van der Waals surface area contributed by atoms with E-state index in [0.29, 0.717) is 18.2 Å². The van der Waals surface area contributed by atoms with Crippen molar-refractivity contribution in [1.29, 1.82) is 0 Å². The molecule has 0 radical (unpaired) electrons. The molecule has 0 N–H and O–H groups in total. The van der Waals surface area contributed by atoms with Gasteiger partial charge >= 0.3 is 0 Å². The van der Waals surface area contributed by atoms with Gasteiger partial charge in [-0.3, -0.25) is 0 Å². The molecule has 5 nitrogen and oxygen atoms in total. The van der Waals surface area contributed by atoms with E-state index in [-0.39, 0.29) is 6.04 Å². The van der Waals surface area contributed by atoms with Crippen LogP contribution in [0.1, 0.15) is 49.2 Å². The molecule has 0 spiro atoms. The fraction of sp³-hybridized carbons (Fsp3) is 0.269. The van der Waals surface area contributed by atoms with E-state index in [1.54, 1.807) is 0 Å². The van der Waals surface area contributed by atoms with Crippen molar-refractivity contribution in [3.63, 3.8) is 0 Å². The van der Waals surface area contributed by atoms with E-state index in [4.69, 9.17) is 30.9 Å². The molecule has 0 fully saturated rings. The largest absolute Gasteiger partial charge is 0.494 e. The smallest absolute Gasteiger partial charge is 0.217 e. The third-order valence-corrected chi connectivity index (χ3v) is 5.97. The number of para-hydroxylation sites is 1. The first-order valence-electron chi connectivity index (χ1n) is 10.9. The summed E-state index contributed by atoms with van der Waals surface area (Å²) in [6, 6.07) is 21.9. The number of hydrogen-bond acceptors (Lipinski definition) is 5. The second-order valence-electron chi connectivity index (χ2n) is 7.73. The number of benzene rings is 3. The van der Waals surface area contributed by atoms with E-state index >= 15 is 0 Å². The second kappa shape index (κ2) is 8.75. The van der Waals surface area contributed by atoms with Crippen LogP contribution in [0, 0.1) is 0 Å². The summed E-state index contributed by atoms with van der Waals surface area (Å²) >= 11 is 6.34. The lowest BCUT2D eigenvalue weighted by molar-refractivity contribution is -0.0205. The summed E-state index contributed by atoms with van der Waals surface area (Å²) in [7, 11) is 0. The minimum absolute atomic E-state index is 0.0266. The molecule has 0 aliphatic carbocycles. The van der Waals surface area contributed by atoms with Crippen molar-refractivity contribution < 1.29 is 14.2 Å². The maximum atomic E-state index is 6.47. The first kappa shape index (κ1) is 20.7. The number of hydrazone groups is 1. The topological polar surface area (TPSA) is 43.3 Å². The van der Waals surface area contributed by atoms with Gasteiger partial charge in [-0.2, -0.15) is 5.10 Å². The maximum Gasteiger partial charge on any atom is 0.217 e. The van der Waals surface area contributed by atoms with E-state index in [0.717, 1.165) is 46.1 Å². The maximum absolute atomic E-state index is 6.47. The lowest BCUT2D eigenvalue weighted by Crippen LogP contribution is -2.34. The quantitative estimate of drug-likeness (QED) is 0.439. The van der Waals surface area contributed by atoms with Gasteiger partial charge in [-0.05, 0) is 74.0 Å². The molecule has 2 aliphatic heterocycles. The number of rotatable bonds is 6. The molecule has 0 aromatic heterocycles. The Balaban J connectivity index is 1.56. The number of nitrogens with zero attached hydrogens (tertiary/aromatic N) is 2. The normalized spacial score (nSPS) is 19.0. The van der Waals surface area contributed by atoms with E-state index in [2.05, 4.69) is 12.1 Å². The standard InChI is InChI=1S/C26H25ClN2O3/c1-3-30-19-12-9-17(10-13-19)22-16-23-21-15-18(27)11-14-25(21)32-26(29(23)28-22)20-7-5-6-8-24(20)31-4-2/h5-15,23,26H,3-4,16H2,1-2H3/t23-,26+/m0/s1. The van der Waals surface area contributed by atoms with Crippen molar-refractivity contribution in [3.8, 4) is 17.2 Å². The summed E-state index contributed by atoms with van der Waals surface area (Å²) in [6.45, 7) is 5.19. The first-order valence-corrected chi connectivity index (χ1v) is 11.3. The van der Waals surface area contributed by atoms with Crippen LogP contribution in [0.5, 0.6) is 17.2 Å². The summed E-state index contributed by atoms with van der Waals surface area (Å²) in [6.07, 6.45) is 0.370. The fourth-order valence-electron chi connectivity index (χ4n) is 4.32. The molecule has 2 atom stereocenters. The number of halogens is 1. The van der Waals surface area contributed by atoms with Gasteiger partial charge in [0.15, 0.2) is 0 Å². The lowest BCUT2D eigenvalue weighted by atomic mass is 9.95. The van der Waals surface area contributed by atoms with E-state index in [1.165, 1.54) is 0 Å². The Bertz CT molecular complexity index is 1150. The highest BCUT2D eigenvalue weighted by Crippen LogP contribution is 2.49. The van der Waals surface area contributed by atoms with Crippen molar-refractivity contribution >= 4 is 17.3 Å². The molecule has 0 amide bonds. The van der Waals surface area contributed by atoms with Gasteiger partial charge in [0.05, 0.1) is 30.5 Å². The lowest BCUT2D eigenvalue weighted by Gasteiger charge is -2.38. The van der Waals surface area contributed by atoms with Gasteiger partial charge in [-0.25, -0.2) is 5.01 Å². The zero-order valence-electron chi connectivity index (χ0n) is 18.1. The Morgan fingerprint density at radius 3 is 2.53 bits per heavy atom. The molecule has 5 rings (SSSR count). The number of hydrogen-bond donors (Lipinski definition) is 0. The van der Waals surface area contributed by atoms with Crippen LogP contribution >= 0.6 is 11.6 Å². The third kappa shape index (κ3) is 3.78. The predicted octanol–water partition coefficient (Wildman–Crippen LogP) is 6.38. The summed E-state index contributed by atoms with van der Waals surface area (Å²) < 4.78 is 18.0. The second-order valence-corrected chi connectivity index (χ2v) is 8.16. The Kier molecular flexibility index (Phi) is 5.66. The highest BCUT2D eigenvalue weighted by atomic mass is 35.5. The van der Waals surface area contributed by atoms with Crippen LogP contribution in [0.2, 0.25) is 5.02 Å². The average Bonchev–Trinajstić information content (AvgIpc) is 3.26. The highest BCUT2D eigenvalue weighted by molar-refractivity contribution is 6.30. The molecule has 3 aromatic carbocycles. The van der Waals surface area contributed by atoms with Gasteiger partial charge in [0.25, 0.3) is 0 Å². The van der Waals surface area contributed by atoms with Crippen LogP contribution < -0.4 is 14.2 Å². The highest BCUT2D eigenvalue weighted by Gasteiger charge is 2.42. The van der Waals surface area contributed by atoms with E-state index in [1.807, 2.05) is 73.5 Å². The SMILES string of the molecule is CCOc1ccc(C2=NN3[C@@H](c4ccccc4OCC)Oc4ccc(Cl)cc4[C@@H]3C2)cc1. The predicted molar refractivity (Wildman–Crippen MR) is 126 cm³/mol. The molecule has 164 valence electrons. The summed E-state index contributed by atoms with van der Waals surface area (Å²) in [5.41, 5.74) is 4.08. The molecular formula is C26H25ClN2O3. The Hall–Kier alpha value is -3.18. The van der Waals surface area contributed by atoms with Crippen molar-refractivity contribution in [2.24, 2.45) is 5.10 Å². The molecule has 2 aliphatic rings. The molecule has 0 saturated carbocycles. The molecular weight excluding hydrogens is 424 g/mol. The van der Waals surface area contributed by atoms with Crippen LogP contribution in [-0.4, -0.2) is 23.9 Å². The zero-order valence-corrected chi connectivity index (χ0v) is 18.9. The van der Waals surface area contributed by atoms with Gasteiger partial charge < -0.3 is 14.2 Å². The van der Waals surface area contributed by atoms with Gasteiger partial charge in [-0.1, -0.05) is 23.7 Å². The van der Waals surface area contributed by atoms with Crippen LogP contribution in [0.3, 0.4) is 0 Å². The zero-order chi connectivity index (χ0) is 22.1. The Labute approximate surface area is 193 Å². The minimum Gasteiger partial charge on any atom is -0.494 e. The van der Waals surface area contributed by atoms with E-state index in [9.17, 15) is 0 Å². The summed E-state index contributed by atoms with van der Waals surface area (Å²) in [5, 5.41) is 7.76.